The van der Waals surface area contributed by atoms with Crippen LogP contribution in [0, 0.1) is 6.92 Å². The molecule has 0 spiro atoms. The first kappa shape index (κ1) is 29.3. The van der Waals surface area contributed by atoms with E-state index in [1.54, 1.807) is 0 Å². The minimum Gasteiger partial charge on any atom is -0.494 e. The number of benzene rings is 3. The molecule has 0 aliphatic carbocycles. The van der Waals surface area contributed by atoms with Crippen molar-refractivity contribution in [3.63, 3.8) is 0 Å². The first-order valence-corrected chi connectivity index (χ1v) is 15.9. The molecule has 6 aromatic rings. The summed E-state index contributed by atoms with van der Waals surface area (Å²) in [4.78, 5) is 18.7. The Morgan fingerprint density at radius 2 is 1.57 bits per heavy atom. The summed E-state index contributed by atoms with van der Waals surface area (Å²) in [6, 6.07) is 23.7. The molecule has 0 saturated heterocycles. The number of aryl methyl sites for hydroxylation is 1. The van der Waals surface area contributed by atoms with Crippen molar-refractivity contribution in [2.24, 2.45) is 0 Å². The summed E-state index contributed by atoms with van der Waals surface area (Å²) >= 11 is 1.32. The predicted octanol–water partition coefficient (Wildman–Crippen LogP) is 6.88. The van der Waals surface area contributed by atoms with Gasteiger partial charge in [-0.2, -0.15) is 14.6 Å². The van der Waals surface area contributed by atoms with Gasteiger partial charge in [0, 0.05) is 22.9 Å². The topological polar surface area (TPSA) is 83.5 Å². The van der Waals surface area contributed by atoms with E-state index in [0.29, 0.717) is 28.5 Å². The van der Waals surface area contributed by atoms with E-state index in [2.05, 4.69) is 30.9 Å². The molecule has 0 saturated carbocycles. The number of rotatable bonds is 12. The summed E-state index contributed by atoms with van der Waals surface area (Å²) < 4.78 is 15.5. The first-order chi connectivity index (χ1) is 21.5. The zero-order valence-electron chi connectivity index (χ0n) is 25.2. The van der Waals surface area contributed by atoms with Crippen LogP contribution in [0.2, 0.25) is 0 Å². The molecule has 0 unspecified atom stereocenters. The molecule has 0 radical (unpaired) electrons. The number of aromatic nitrogens is 5. The molecule has 0 N–H and O–H groups in total. The average Bonchev–Trinajstić information content (AvgIpc) is 3.73. The van der Waals surface area contributed by atoms with Crippen molar-refractivity contribution < 1.29 is 9.47 Å². The summed E-state index contributed by atoms with van der Waals surface area (Å²) in [5.41, 5.74) is 5.19. The van der Waals surface area contributed by atoms with Gasteiger partial charge in [-0.15, -0.1) is 5.10 Å². The van der Waals surface area contributed by atoms with Crippen LogP contribution in [0.5, 0.6) is 11.5 Å². The quantitative estimate of drug-likeness (QED) is 0.141. The fraction of sp³-hybridized carbons (Fsp3) is 0.257. The molecule has 9 heteroatoms. The average molecular weight is 606 g/mol. The normalized spacial score (nSPS) is 11.8. The van der Waals surface area contributed by atoms with Crippen molar-refractivity contribution in [1.82, 2.24) is 24.4 Å². The van der Waals surface area contributed by atoms with Crippen LogP contribution >= 0.6 is 11.3 Å². The minimum absolute atomic E-state index is 0.210. The maximum Gasteiger partial charge on any atom is 0.291 e. The van der Waals surface area contributed by atoms with E-state index in [-0.39, 0.29) is 5.56 Å². The van der Waals surface area contributed by atoms with Crippen LogP contribution in [-0.2, 0) is 0 Å². The van der Waals surface area contributed by atoms with Crippen LogP contribution in [-0.4, -0.2) is 37.6 Å². The second-order valence-corrected chi connectivity index (χ2v) is 11.7. The van der Waals surface area contributed by atoms with Crippen LogP contribution in [0.1, 0.15) is 50.7 Å². The molecule has 224 valence electrons. The Balaban J connectivity index is 1.35. The maximum atomic E-state index is 13.5. The molecule has 0 aliphatic heterocycles. The lowest BCUT2D eigenvalue weighted by Gasteiger charge is -2.09. The molecule has 0 amide bonds. The number of para-hydroxylation sites is 1. The van der Waals surface area contributed by atoms with Gasteiger partial charge in [0.05, 0.1) is 23.4 Å². The maximum absolute atomic E-state index is 13.5. The van der Waals surface area contributed by atoms with Crippen molar-refractivity contribution in [3.8, 4) is 39.8 Å². The van der Waals surface area contributed by atoms with Crippen molar-refractivity contribution >= 4 is 22.4 Å². The van der Waals surface area contributed by atoms with Gasteiger partial charge in [0.2, 0.25) is 4.96 Å². The second-order valence-electron chi connectivity index (χ2n) is 10.7. The summed E-state index contributed by atoms with van der Waals surface area (Å²) in [6.07, 6.45) is 8.04. The number of thiazole rings is 1. The molecule has 8 nitrogen and oxygen atoms in total. The Hall–Kier alpha value is -4.76. The summed E-state index contributed by atoms with van der Waals surface area (Å²) in [6.45, 7) is 7.73. The van der Waals surface area contributed by atoms with Crippen molar-refractivity contribution in [2.75, 3.05) is 13.2 Å². The van der Waals surface area contributed by atoms with E-state index in [9.17, 15) is 4.79 Å². The van der Waals surface area contributed by atoms with E-state index >= 15 is 0 Å². The number of ether oxygens (including phenoxy) is 2. The predicted molar refractivity (Wildman–Crippen MR) is 176 cm³/mol. The van der Waals surface area contributed by atoms with Gasteiger partial charge in [-0.3, -0.25) is 4.79 Å². The summed E-state index contributed by atoms with van der Waals surface area (Å²) in [7, 11) is 0. The molecule has 6 rings (SSSR count). The van der Waals surface area contributed by atoms with Gasteiger partial charge >= 0.3 is 0 Å². The van der Waals surface area contributed by atoms with E-state index in [4.69, 9.17) is 14.6 Å². The Morgan fingerprint density at radius 3 is 2.25 bits per heavy atom. The van der Waals surface area contributed by atoms with Gasteiger partial charge in [0.15, 0.2) is 5.82 Å². The van der Waals surface area contributed by atoms with Crippen molar-refractivity contribution in [2.45, 2.75) is 46.5 Å². The number of unbranched alkanes of at least 4 members (excludes halogenated alkanes) is 2. The minimum atomic E-state index is -0.210. The highest BCUT2D eigenvalue weighted by Gasteiger charge is 2.16. The molecule has 3 aromatic carbocycles. The van der Waals surface area contributed by atoms with Gasteiger partial charge in [-0.25, -0.2) is 4.68 Å². The molecule has 0 bridgehead atoms. The highest BCUT2D eigenvalue weighted by molar-refractivity contribution is 7.15. The molecule has 0 aliphatic rings. The van der Waals surface area contributed by atoms with Crippen molar-refractivity contribution in [1.29, 1.82) is 0 Å². The van der Waals surface area contributed by atoms with Gasteiger partial charge in [0.1, 0.15) is 17.2 Å². The zero-order chi connectivity index (χ0) is 30.5. The van der Waals surface area contributed by atoms with Gasteiger partial charge < -0.3 is 9.47 Å². The molecule has 3 heterocycles. The first-order valence-electron chi connectivity index (χ1n) is 15.1. The van der Waals surface area contributed by atoms with Gasteiger partial charge in [-0.05, 0) is 86.0 Å². The monoisotopic (exact) mass is 605 g/mol. The van der Waals surface area contributed by atoms with Gasteiger partial charge in [-0.1, -0.05) is 56.2 Å². The molecular formula is C35H35N5O3S. The summed E-state index contributed by atoms with van der Waals surface area (Å²) in [5, 5.41) is 9.51. The highest BCUT2D eigenvalue weighted by atomic mass is 32.1. The van der Waals surface area contributed by atoms with Crippen LogP contribution in [0.3, 0.4) is 0 Å². The van der Waals surface area contributed by atoms with E-state index in [0.717, 1.165) is 70.8 Å². The molecule has 0 atom stereocenters. The zero-order valence-corrected chi connectivity index (χ0v) is 26.0. The summed E-state index contributed by atoms with van der Waals surface area (Å²) in [5.74, 6) is 2.16. The van der Waals surface area contributed by atoms with E-state index in [1.807, 2.05) is 89.8 Å². The number of fused-ring (bicyclic) bond motifs is 1. The third-order valence-electron chi connectivity index (χ3n) is 7.33. The standard InChI is InChI=1S/C35H35N5O3S/c1-4-6-19-42-28-15-13-25(14-16-28)33-36-35-40(38-33)34(41)31(44-35)22-26-23-39(27-11-9-8-10-12-27)37-32(26)30-18-17-29(21-24(30)3)43-20-7-5-2/h8-18,21-23H,4-7,19-20H2,1-3H3. The Labute approximate surface area is 260 Å². The van der Waals surface area contributed by atoms with Crippen LogP contribution < -0.4 is 19.6 Å². The van der Waals surface area contributed by atoms with E-state index in [1.165, 1.54) is 15.9 Å². The van der Waals surface area contributed by atoms with Crippen molar-refractivity contribution in [3.05, 3.63) is 105 Å². The van der Waals surface area contributed by atoms with Gasteiger partial charge in [0.25, 0.3) is 5.56 Å². The fourth-order valence-corrected chi connectivity index (χ4v) is 5.77. The lowest BCUT2D eigenvalue weighted by molar-refractivity contribution is 0.309. The smallest absolute Gasteiger partial charge is 0.291 e. The molecule has 0 fully saturated rings. The third kappa shape index (κ3) is 6.28. The lowest BCUT2D eigenvalue weighted by Crippen LogP contribution is -2.23. The molecule has 44 heavy (non-hydrogen) atoms. The number of hydrogen-bond acceptors (Lipinski definition) is 7. The number of hydrogen-bond donors (Lipinski definition) is 0. The molecule has 3 aromatic heterocycles. The largest absolute Gasteiger partial charge is 0.494 e. The number of nitrogens with zero attached hydrogens (tertiary/aromatic N) is 5. The Kier molecular flexibility index (Phi) is 8.84. The van der Waals surface area contributed by atoms with E-state index < -0.39 is 0 Å². The highest BCUT2D eigenvalue weighted by Crippen LogP contribution is 2.30. The third-order valence-corrected chi connectivity index (χ3v) is 8.29. The van der Waals surface area contributed by atoms with Crippen LogP contribution in [0.15, 0.2) is 83.8 Å². The Morgan fingerprint density at radius 1 is 0.864 bits per heavy atom. The fourth-order valence-electron chi connectivity index (χ4n) is 4.87. The second kappa shape index (κ2) is 13.3. The molecular weight excluding hydrogens is 570 g/mol. The SMILES string of the molecule is CCCCOc1ccc(-c2nc3sc(=Cc4cn(-c5ccccc5)nc4-c4ccc(OCCCC)cc4C)c(=O)n3n2)cc1. The Bertz CT molecular complexity index is 1980. The van der Waals surface area contributed by atoms with Crippen LogP contribution in [0.25, 0.3) is 39.4 Å². The lowest BCUT2D eigenvalue weighted by atomic mass is 10.0. The van der Waals surface area contributed by atoms with Crippen LogP contribution in [0.4, 0.5) is 0 Å².